The number of nitrogens with zero attached hydrogens (tertiary/aromatic N) is 1. The molecule has 2 aliphatic heterocycles. The summed E-state index contributed by atoms with van der Waals surface area (Å²) in [5.74, 6) is 3.82. The average molecular weight is 311 g/mol. The van der Waals surface area contributed by atoms with Gasteiger partial charge in [0.05, 0.1) is 19.8 Å². The third kappa shape index (κ3) is 2.12. The van der Waals surface area contributed by atoms with E-state index >= 15 is 0 Å². The van der Waals surface area contributed by atoms with Gasteiger partial charge in [0.1, 0.15) is 5.75 Å². The maximum atomic E-state index is 6.34. The Morgan fingerprint density at radius 1 is 1.43 bits per heavy atom. The van der Waals surface area contributed by atoms with Gasteiger partial charge in [0.25, 0.3) is 0 Å². The van der Waals surface area contributed by atoms with Gasteiger partial charge >= 0.3 is 0 Å². The Hall–Kier alpha value is -1.50. The first kappa shape index (κ1) is 15.1. The van der Waals surface area contributed by atoms with E-state index in [1.54, 1.807) is 7.11 Å². The van der Waals surface area contributed by atoms with Crippen molar-refractivity contribution in [3.63, 3.8) is 0 Å². The van der Waals surface area contributed by atoms with Gasteiger partial charge in [-0.15, -0.1) is 6.42 Å². The quantitative estimate of drug-likeness (QED) is 0.784. The largest absolute Gasteiger partial charge is 0.497 e. The molecule has 0 N–H and O–H groups in total. The summed E-state index contributed by atoms with van der Waals surface area (Å²) in [7, 11) is 1.76. The number of ether oxygens (including phenoxy) is 2. The summed E-state index contributed by atoms with van der Waals surface area (Å²) in [4.78, 5) is 2.46. The van der Waals surface area contributed by atoms with Crippen molar-refractivity contribution < 1.29 is 9.47 Å². The summed E-state index contributed by atoms with van der Waals surface area (Å²) < 4.78 is 11.9. The van der Waals surface area contributed by atoms with Crippen LogP contribution in [0, 0.1) is 19.3 Å². The fraction of sp³-hybridized carbons (Fsp3) is 0.600. The summed E-state index contributed by atoms with van der Waals surface area (Å²) in [6, 6.07) is 4.86. The normalized spacial score (nSPS) is 32.6. The minimum atomic E-state index is 0.154. The van der Waals surface area contributed by atoms with Crippen LogP contribution in [-0.2, 0) is 16.6 Å². The maximum Gasteiger partial charge on any atom is 0.119 e. The molecular formula is C20H25NO2. The third-order valence-electron chi connectivity index (χ3n) is 6.20. The number of hydrogen-bond donors (Lipinski definition) is 0. The van der Waals surface area contributed by atoms with E-state index in [1.165, 1.54) is 23.1 Å². The number of benzene rings is 1. The molecular weight excluding hydrogens is 286 g/mol. The van der Waals surface area contributed by atoms with Gasteiger partial charge < -0.3 is 9.47 Å². The molecule has 1 aromatic rings. The van der Waals surface area contributed by atoms with Gasteiger partial charge in [-0.1, -0.05) is 5.92 Å². The second kappa shape index (κ2) is 5.54. The van der Waals surface area contributed by atoms with Gasteiger partial charge in [-0.2, -0.15) is 0 Å². The Morgan fingerprint density at radius 3 is 3.09 bits per heavy atom. The molecule has 2 bridgehead atoms. The summed E-state index contributed by atoms with van der Waals surface area (Å²) in [6.07, 6.45) is 10.4. The molecule has 0 amide bonds. The van der Waals surface area contributed by atoms with Crippen molar-refractivity contribution in [2.45, 2.75) is 50.2 Å². The number of aryl methyl sites for hydroxylation is 1. The number of hydrogen-bond acceptors (Lipinski definition) is 3. The molecule has 2 saturated heterocycles. The third-order valence-corrected chi connectivity index (χ3v) is 6.20. The van der Waals surface area contributed by atoms with Crippen LogP contribution in [-0.4, -0.2) is 43.9 Å². The van der Waals surface area contributed by atoms with Crippen molar-refractivity contribution in [2.75, 3.05) is 26.8 Å². The molecule has 2 fully saturated rings. The molecule has 4 rings (SSSR count). The van der Waals surface area contributed by atoms with Crippen LogP contribution in [0.1, 0.15) is 36.0 Å². The summed E-state index contributed by atoms with van der Waals surface area (Å²) in [5.41, 5.74) is 4.48. The number of terminal acetylenes is 1. The second-order valence-corrected chi connectivity index (χ2v) is 7.22. The molecule has 0 aromatic heterocycles. The van der Waals surface area contributed by atoms with Crippen molar-refractivity contribution in [3.8, 4) is 18.1 Å². The van der Waals surface area contributed by atoms with Gasteiger partial charge in [0.15, 0.2) is 0 Å². The summed E-state index contributed by atoms with van der Waals surface area (Å²) in [5, 5.41) is 0. The molecule has 3 heteroatoms. The Bertz CT molecular complexity index is 662. The topological polar surface area (TPSA) is 21.7 Å². The van der Waals surface area contributed by atoms with Crippen molar-refractivity contribution in [3.05, 3.63) is 28.8 Å². The SMILES string of the molecule is C#CCN1CC[C@]23CCCO[C@H]2[C@H]1Cc1c(C)cc(OC)cc13. The second-order valence-electron chi connectivity index (χ2n) is 7.22. The number of fused-ring (bicyclic) bond motifs is 1. The maximum absolute atomic E-state index is 6.34. The van der Waals surface area contributed by atoms with Gasteiger partial charge in [0, 0.05) is 24.6 Å². The highest BCUT2D eigenvalue weighted by Gasteiger charge is 2.55. The molecule has 2 heterocycles. The zero-order chi connectivity index (χ0) is 16.0. The van der Waals surface area contributed by atoms with E-state index in [9.17, 15) is 0 Å². The van der Waals surface area contributed by atoms with Crippen LogP contribution >= 0.6 is 0 Å². The van der Waals surface area contributed by atoms with Gasteiger partial charge in [-0.05, 0) is 61.4 Å². The first-order valence-corrected chi connectivity index (χ1v) is 8.67. The molecule has 23 heavy (non-hydrogen) atoms. The molecule has 1 aromatic carbocycles. The van der Waals surface area contributed by atoms with Gasteiger partial charge in [-0.3, -0.25) is 4.90 Å². The lowest BCUT2D eigenvalue weighted by Crippen LogP contribution is -2.65. The molecule has 0 saturated carbocycles. The molecule has 0 unspecified atom stereocenters. The van der Waals surface area contributed by atoms with Crippen LogP contribution in [0.3, 0.4) is 0 Å². The Kier molecular flexibility index (Phi) is 3.63. The van der Waals surface area contributed by atoms with Gasteiger partial charge in [0.2, 0.25) is 0 Å². The minimum absolute atomic E-state index is 0.154. The first-order valence-electron chi connectivity index (χ1n) is 8.67. The first-order chi connectivity index (χ1) is 11.2. The highest BCUT2D eigenvalue weighted by atomic mass is 16.5. The van der Waals surface area contributed by atoms with Crippen LogP contribution in [0.25, 0.3) is 0 Å². The van der Waals surface area contributed by atoms with Crippen LogP contribution in [0.15, 0.2) is 12.1 Å². The highest BCUT2D eigenvalue weighted by molar-refractivity contribution is 5.50. The van der Waals surface area contributed by atoms with E-state index in [0.717, 1.165) is 44.7 Å². The fourth-order valence-corrected chi connectivity index (χ4v) is 5.15. The predicted octanol–water partition coefficient (Wildman–Crippen LogP) is 2.68. The monoisotopic (exact) mass is 311 g/mol. The standard InChI is InChI=1S/C20H25NO2/c1-4-8-21-9-7-20-6-5-10-23-19(20)18(21)13-16-14(2)11-15(22-3)12-17(16)20/h1,11-12,18-19H,5-10,13H2,2-3H3/t18-,19+,20+/m1/s1. The van der Waals surface area contributed by atoms with E-state index in [1.807, 2.05) is 0 Å². The predicted molar refractivity (Wildman–Crippen MR) is 90.9 cm³/mol. The van der Waals surface area contributed by atoms with E-state index in [4.69, 9.17) is 15.9 Å². The van der Waals surface area contributed by atoms with E-state index < -0.39 is 0 Å². The van der Waals surface area contributed by atoms with Crippen LogP contribution in [0.4, 0.5) is 0 Å². The number of likely N-dealkylation sites (tertiary alicyclic amines) is 1. The fourth-order valence-electron chi connectivity index (χ4n) is 5.15. The lowest BCUT2D eigenvalue weighted by molar-refractivity contribution is -0.124. The van der Waals surface area contributed by atoms with E-state index in [0.29, 0.717) is 6.04 Å². The van der Waals surface area contributed by atoms with Gasteiger partial charge in [-0.25, -0.2) is 0 Å². The highest BCUT2D eigenvalue weighted by Crippen LogP contribution is 2.52. The Balaban J connectivity index is 1.87. The van der Waals surface area contributed by atoms with Crippen molar-refractivity contribution in [1.29, 1.82) is 0 Å². The molecule has 1 aliphatic carbocycles. The average Bonchev–Trinajstić information content (AvgIpc) is 2.58. The Labute approximate surface area is 139 Å². The van der Waals surface area contributed by atoms with Crippen LogP contribution in [0.5, 0.6) is 5.75 Å². The lowest BCUT2D eigenvalue weighted by Gasteiger charge is -2.58. The summed E-state index contributed by atoms with van der Waals surface area (Å²) >= 11 is 0. The number of piperidine rings is 1. The van der Waals surface area contributed by atoms with Crippen LogP contribution < -0.4 is 4.74 Å². The number of methoxy groups -OCH3 is 1. The van der Waals surface area contributed by atoms with Crippen LogP contribution in [0.2, 0.25) is 0 Å². The molecule has 3 nitrogen and oxygen atoms in total. The molecule has 0 radical (unpaired) electrons. The van der Waals surface area contributed by atoms with Crippen molar-refractivity contribution >= 4 is 0 Å². The van der Waals surface area contributed by atoms with Crippen molar-refractivity contribution in [1.82, 2.24) is 4.90 Å². The molecule has 3 atom stereocenters. The number of rotatable bonds is 2. The Morgan fingerprint density at radius 2 is 2.30 bits per heavy atom. The zero-order valence-electron chi connectivity index (χ0n) is 14.1. The van der Waals surface area contributed by atoms with E-state index in [2.05, 4.69) is 29.9 Å². The lowest BCUT2D eigenvalue weighted by atomic mass is 9.58. The molecule has 122 valence electrons. The summed E-state index contributed by atoms with van der Waals surface area (Å²) in [6.45, 7) is 4.89. The van der Waals surface area contributed by atoms with E-state index in [-0.39, 0.29) is 11.5 Å². The molecule has 3 aliphatic rings. The minimum Gasteiger partial charge on any atom is -0.497 e. The van der Waals surface area contributed by atoms with Crippen molar-refractivity contribution in [2.24, 2.45) is 0 Å². The molecule has 0 spiro atoms. The smallest absolute Gasteiger partial charge is 0.119 e. The zero-order valence-corrected chi connectivity index (χ0v) is 14.1.